The lowest BCUT2D eigenvalue weighted by Crippen LogP contribution is -2.47. The maximum Gasteiger partial charge on any atom is 0.234 e. The van der Waals surface area contributed by atoms with Gasteiger partial charge in [-0.1, -0.05) is 36.4 Å². The first kappa shape index (κ1) is 22.1. The van der Waals surface area contributed by atoms with E-state index in [0.29, 0.717) is 37.7 Å². The number of nitrogens with one attached hydrogen (secondary N) is 1. The standard InChI is InChI=1S/C23H31N3O4/c1-25(13-18-6-4-3-5-7-18)15-20(27)17-30-22-12-19(8-9-21(22)29-2)14-26-11-10-24-23(28)16-26/h3-9,12,20,27H,10-11,13-17H2,1-2H3,(H,24,28)/t20-/m0/s1. The number of hydrogen-bond donors (Lipinski definition) is 2. The number of benzene rings is 2. The van der Waals surface area contributed by atoms with Gasteiger partial charge < -0.3 is 19.9 Å². The van der Waals surface area contributed by atoms with Crippen LogP contribution in [0.5, 0.6) is 11.5 Å². The van der Waals surface area contributed by atoms with E-state index < -0.39 is 6.10 Å². The third-order valence-electron chi connectivity index (χ3n) is 5.00. The zero-order valence-electron chi connectivity index (χ0n) is 17.7. The summed E-state index contributed by atoms with van der Waals surface area (Å²) in [6, 6.07) is 15.9. The molecule has 0 unspecified atom stereocenters. The Morgan fingerprint density at radius 2 is 1.97 bits per heavy atom. The minimum absolute atomic E-state index is 0.0500. The highest BCUT2D eigenvalue weighted by Crippen LogP contribution is 2.29. The van der Waals surface area contributed by atoms with Gasteiger partial charge in [-0.05, 0) is 30.3 Å². The Morgan fingerprint density at radius 1 is 1.17 bits per heavy atom. The molecule has 1 saturated heterocycles. The highest BCUT2D eigenvalue weighted by molar-refractivity contribution is 5.78. The summed E-state index contributed by atoms with van der Waals surface area (Å²) in [5.41, 5.74) is 2.24. The molecule has 1 fully saturated rings. The lowest BCUT2D eigenvalue weighted by Gasteiger charge is -2.26. The Hall–Kier alpha value is -2.61. The molecule has 1 atom stereocenters. The topological polar surface area (TPSA) is 74.3 Å². The molecule has 2 aromatic rings. The molecule has 2 N–H and O–H groups in total. The number of likely N-dealkylation sites (N-methyl/N-ethyl adjacent to an activating group) is 1. The molecule has 0 bridgehead atoms. The fraction of sp³-hybridized carbons (Fsp3) is 0.435. The predicted octanol–water partition coefficient (Wildman–Crippen LogP) is 1.50. The van der Waals surface area contributed by atoms with E-state index >= 15 is 0 Å². The maximum absolute atomic E-state index is 11.6. The number of rotatable bonds is 10. The zero-order chi connectivity index (χ0) is 21.3. The summed E-state index contributed by atoms with van der Waals surface area (Å²) in [6.07, 6.45) is -0.627. The molecule has 162 valence electrons. The maximum atomic E-state index is 11.6. The summed E-state index contributed by atoms with van der Waals surface area (Å²) in [5.74, 6) is 1.27. The first-order chi connectivity index (χ1) is 14.5. The quantitative estimate of drug-likeness (QED) is 0.615. The van der Waals surface area contributed by atoms with Crippen LogP contribution in [-0.4, -0.2) is 73.9 Å². The third kappa shape index (κ3) is 6.73. The highest BCUT2D eigenvalue weighted by Gasteiger charge is 2.17. The summed E-state index contributed by atoms with van der Waals surface area (Å²) in [6.45, 7) is 3.98. The molecule has 7 heteroatoms. The van der Waals surface area contributed by atoms with Crippen molar-refractivity contribution in [1.29, 1.82) is 0 Å². The summed E-state index contributed by atoms with van der Waals surface area (Å²) < 4.78 is 11.3. The van der Waals surface area contributed by atoms with Crippen LogP contribution >= 0.6 is 0 Å². The molecule has 0 saturated carbocycles. The molecule has 2 aromatic carbocycles. The van der Waals surface area contributed by atoms with Crippen molar-refractivity contribution in [2.75, 3.05) is 46.9 Å². The second-order valence-corrected chi connectivity index (χ2v) is 7.69. The van der Waals surface area contributed by atoms with Crippen molar-refractivity contribution in [2.45, 2.75) is 19.2 Å². The average Bonchev–Trinajstić information content (AvgIpc) is 2.73. The van der Waals surface area contributed by atoms with Crippen LogP contribution in [0.3, 0.4) is 0 Å². The molecule has 0 aliphatic carbocycles. The van der Waals surface area contributed by atoms with Gasteiger partial charge in [-0.25, -0.2) is 0 Å². The Kier molecular flexibility index (Phi) is 8.07. The number of amides is 1. The van der Waals surface area contributed by atoms with E-state index in [1.165, 1.54) is 5.56 Å². The Labute approximate surface area is 178 Å². The monoisotopic (exact) mass is 413 g/mol. The van der Waals surface area contributed by atoms with Gasteiger partial charge in [0, 0.05) is 32.7 Å². The summed E-state index contributed by atoms with van der Waals surface area (Å²) in [7, 11) is 3.58. The Balaban J connectivity index is 1.53. The number of carbonyl (C=O) groups is 1. The first-order valence-corrected chi connectivity index (χ1v) is 10.2. The molecule has 1 amide bonds. The fourth-order valence-electron chi connectivity index (χ4n) is 3.57. The Morgan fingerprint density at radius 3 is 2.70 bits per heavy atom. The van der Waals surface area contributed by atoms with Crippen LogP contribution in [-0.2, 0) is 17.9 Å². The fourth-order valence-corrected chi connectivity index (χ4v) is 3.57. The lowest BCUT2D eigenvalue weighted by atomic mass is 10.1. The number of hydrogen-bond acceptors (Lipinski definition) is 6. The molecule has 1 heterocycles. The first-order valence-electron chi connectivity index (χ1n) is 10.2. The van der Waals surface area contributed by atoms with Crippen LogP contribution in [0.15, 0.2) is 48.5 Å². The largest absolute Gasteiger partial charge is 0.493 e. The van der Waals surface area contributed by atoms with Gasteiger partial charge in [0.15, 0.2) is 11.5 Å². The van der Waals surface area contributed by atoms with Crippen LogP contribution in [0.1, 0.15) is 11.1 Å². The molecule has 0 radical (unpaired) electrons. The van der Waals surface area contributed by atoms with Gasteiger partial charge in [-0.3, -0.25) is 14.6 Å². The van der Waals surface area contributed by atoms with E-state index in [4.69, 9.17) is 9.47 Å². The van der Waals surface area contributed by atoms with Crippen LogP contribution < -0.4 is 14.8 Å². The van der Waals surface area contributed by atoms with Gasteiger partial charge in [0.05, 0.1) is 13.7 Å². The van der Waals surface area contributed by atoms with Crippen LogP contribution in [0.2, 0.25) is 0 Å². The minimum Gasteiger partial charge on any atom is -0.493 e. The van der Waals surface area contributed by atoms with Crippen LogP contribution in [0.25, 0.3) is 0 Å². The highest BCUT2D eigenvalue weighted by atomic mass is 16.5. The summed E-state index contributed by atoms with van der Waals surface area (Å²) in [5, 5.41) is 13.3. The number of carbonyl (C=O) groups excluding carboxylic acids is 1. The minimum atomic E-state index is -0.627. The average molecular weight is 414 g/mol. The summed E-state index contributed by atoms with van der Waals surface area (Å²) >= 11 is 0. The van der Waals surface area contributed by atoms with E-state index in [9.17, 15) is 9.90 Å². The molecule has 0 spiro atoms. The summed E-state index contributed by atoms with van der Waals surface area (Å²) in [4.78, 5) is 15.7. The van der Waals surface area contributed by atoms with Crippen molar-refractivity contribution in [3.8, 4) is 11.5 Å². The number of ether oxygens (including phenoxy) is 2. The smallest absolute Gasteiger partial charge is 0.234 e. The van der Waals surface area contributed by atoms with Gasteiger partial charge >= 0.3 is 0 Å². The normalized spacial score (nSPS) is 15.7. The van der Waals surface area contributed by atoms with E-state index in [2.05, 4.69) is 27.2 Å². The molecular formula is C23H31N3O4. The van der Waals surface area contributed by atoms with Gasteiger partial charge in [-0.15, -0.1) is 0 Å². The van der Waals surface area contributed by atoms with Gasteiger partial charge in [0.1, 0.15) is 12.7 Å². The molecule has 0 aromatic heterocycles. The van der Waals surface area contributed by atoms with E-state index in [-0.39, 0.29) is 12.5 Å². The van der Waals surface area contributed by atoms with Crippen molar-refractivity contribution in [3.63, 3.8) is 0 Å². The zero-order valence-corrected chi connectivity index (χ0v) is 17.7. The van der Waals surface area contributed by atoms with E-state index in [1.807, 2.05) is 43.4 Å². The van der Waals surface area contributed by atoms with Crippen molar-refractivity contribution in [1.82, 2.24) is 15.1 Å². The molecule has 7 nitrogen and oxygen atoms in total. The number of piperazine rings is 1. The second kappa shape index (κ2) is 11.0. The number of aliphatic hydroxyl groups excluding tert-OH is 1. The predicted molar refractivity (Wildman–Crippen MR) is 116 cm³/mol. The Bertz CT molecular complexity index is 815. The SMILES string of the molecule is COc1ccc(CN2CCNC(=O)C2)cc1OC[C@@H](O)CN(C)Cc1ccccc1. The molecule has 1 aliphatic rings. The van der Waals surface area contributed by atoms with Gasteiger partial charge in [0.25, 0.3) is 0 Å². The van der Waals surface area contributed by atoms with Crippen molar-refractivity contribution in [3.05, 3.63) is 59.7 Å². The molecule has 30 heavy (non-hydrogen) atoms. The van der Waals surface area contributed by atoms with Crippen molar-refractivity contribution < 1.29 is 19.4 Å². The van der Waals surface area contributed by atoms with E-state index in [1.54, 1.807) is 7.11 Å². The third-order valence-corrected chi connectivity index (χ3v) is 5.00. The number of methoxy groups -OCH3 is 1. The number of aliphatic hydroxyl groups is 1. The lowest BCUT2D eigenvalue weighted by molar-refractivity contribution is -0.124. The molecule has 1 aliphatic heterocycles. The van der Waals surface area contributed by atoms with E-state index in [0.717, 1.165) is 18.7 Å². The van der Waals surface area contributed by atoms with Crippen molar-refractivity contribution >= 4 is 5.91 Å². The molecular weight excluding hydrogens is 382 g/mol. The van der Waals surface area contributed by atoms with Gasteiger partial charge in [0.2, 0.25) is 5.91 Å². The van der Waals surface area contributed by atoms with Crippen molar-refractivity contribution in [2.24, 2.45) is 0 Å². The number of nitrogens with zero attached hydrogens (tertiary/aromatic N) is 2. The van der Waals surface area contributed by atoms with Gasteiger partial charge in [-0.2, -0.15) is 0 Å². The van der Waals surface area contributed by atoms with Crippen LogP contribution in [0.4, 0.5) is 0 Å². The van der Waals surface area contributed by atoms with Crippen LogP contribution in [0, 0.1) is 0 Å². The second-order valence-electron chi connectivity index (χ2n) is 7.69. The molecule has 3 rings (SSSR count).